The van der Waals surface area contributed by atoms with Gasteiger partial charge in [-0.3, -0.25) is 20.4 Å². The molecule has 5 nitrogen and oxygen atoms in total. The van der Waals surface area contributed by atoms with Gasteiger partial charge in [0.05, 0.1) is 28.3 Å². The number of methoxy groups -OCH3 is 1. The minimum Gasteiger partial charge on any atom is -0.497 e. The van der Waals surface area contributed by atoms with Crippen LogP contribution in [0.15, 0.2) is 42.5 Å². The van der Waals surface area contributed by atoms with Crippen LogP contribution in [0.25, 0.3) is 0 Å². The highest BCUT2D eigenvalue weighted by atomic mass is 35.5. The van der Waals surface area contributed by atoms with Gasteiger partial charge in [0.15, 0.2) is 0 Å². The molecule has 2 aromatic carbocycles. The van der Waals surface area contributed by atoms with Crippen molar-refractivity contribution in [3.63, 3.8) is 0 Å². The Morgan fingerprint density at radius 1 is 0.909 bits per heavy atom. The van der Waals surface area contributed by atoms with E-state index in [2.05, 4.69) is 10.9 Å². The summed E-state index contributed by atoms with van der Waals surface area (Å²) in [5, 5.41) is 0.501. The Hall–Kier alpha value is -2.24. The van der Waals surface area contributed by atoms with Crippen molar-refractivity contribution in [1.82, 2.24) is 10.9 Å². The van der Waals surface area contributed by atoms with E-state index < -0.39 is 11.8 Å². The second kappa shape index (κ2) is 7.15. The molecule has 7 heteroatoms. The maximum Gasteiger partial charge on any atom is 0.271 e. The number of carbonyl (C=O) groups is 2. The van der Waals surface area contributed by atoms with E-state index in [1.54, 1.807) is 30.3 Å². The van der Waals surface area contributed by atoms with E-state index >= 15 is 0 Å². The van der Waals surface area contributed by atoms with Crippen LogP contribution in [0.4, 0.5) is 0 Å². The summed E-state index contributed by atoms with van der Waals surface area (Å²) in [6.07, 6.45) is 0. The molecular formula is C15H12Cl2N2O3. The molecule has 2 aromatic rings. The minimum absolute atomic E-state index is 0.210. The van der Waals surface area contributed by atoms with Crippen molar-refractivity contribution in [2.45, 2.75) is 0 Å². The fourth-order valence-corrected chi connectivity index (χ4v) is 2.18. The molecule has 0 aliphatic heterocycles. The number of benzene rings is 2. The molecule has 0 aliphatic rings. The third kappa shape index (κ3) is 3.69. The van der Waals surface area contributed by atoms with Crippen LogP contribution >= 0.6 is 23.2 Å². The molecule has 0 bridgehead atoms. The second-order valence-electron chi connectivity index (χ2n) is 4.23. The first-order valence-corrected chi connectivity index (χ1v) is 6.97. The molecule has 0 radical (unpaired) electrons. The summed E-state index contributed by atoms with van der Waals surface area (Å²) in [4.78, 5) is 23.9. The summed E-state index contributed by atoms with van der Waals surface area (Å²) in [5.41, 5.74) is 5.03. The fourth-order valence-electron chi connectivity index (χ4n) is 1.70. The quantitative estimate of drug-likeness (QED) is 0.845. The smallest absolute Gasteiger partial charge is 0.271 e. The Kier molecular flexibility index (Phi) is 5.25. The van der Waals surface area contributed by atoms with Gasteiger partial charge < -0.3 is 4.74 Å². The number of nitrogens with one attached hydrogen (secondary N) is 2. The lowest BCUT2D eigenvalue weighted by Gasteiger charge is -2.10. The summed E-state index contributed by atoms with van der Waals surface area (Å²) < 4.78 is 5.00. The first-order valence-electron chi connectivity index (χ1n) is 6.21. The predicted octanol–water partition coefficient (Wildman–Crippen LogP) is 3.08. The van der Waals surface area contributed by atoms with Gasteiger partial charge in [0.1, 0.15) is 5.75 Å². The van der Waals surface area contributed by atoms with E-state index in [-0.39, 0.29) is 21.2 Å². The maximum absolute atomic E-state index is 12.0. The van der Waals surface area contributed by atoms with Crippen molar-refractivity contribution in [3.8, 4) is 5.75 Å². The zero-order chi connectivity index (χ0) is 16.1. The van der Waals surface area contributed by atoms with Crippen molar-refractivity contribution in [1.29, 1.82) is 0 Å². The van der Waals surface area contributed by atoms with Gasteiger partial charge in [0.25, 0.3) is 11.8 Å². The summed E-state index contributed by atoms with van der Waals surface area (Å²) >= 11 is 11.9. The van der Waals surface area contributed by atoms with Gasteiger partial charge in [0.2, 0.25) is 0 Å². The van der Waals surface area contributed by atoms with E-state index in [1.807, 2.05) is 0 Å². The highest BCUT2D eigenvalue weighted by Crippen LogP contribution is 2.22. The lowest BCUT2D eigenvalue weighted by molar-refractivity contribution is 0.0847. The van der Waals surface area contributed by atoms with Crippen molar-refractivity contribution < 1.29 is 14.3 Å². The van der Waals surface area contributed by atoms with Gasteiger partial charge in [-0.25, -0.2) is 0 Å². The zero-order valence-electron chi connectivity index (χ0n) is 11.5. The van der Waals surface area contributed by atoms with E-state index in [1.165, 1.54) is 19.2 Å². The van der Waals surface area contributed by atoms with E-state index in [9.17, 15) is 9.59 Å². The molecule has 0 fully saturated rings. The van der Waals surface area contributed by atoms with Crippen LogP contribution in [0.2, 0.25) is 10.0 Å². The largest absolute Gasteiger partial charge is 0.497 e. The molecule has 0 heterocycles. The summed E-state index contributed by atoms with van der Waals surface area (Å²) in [6, 6.07) is 11.1. The molecule has 2 rings (SSSR count). The fraction of sp³-hybridized carbons (Fsp3) is 0.0667. The Morgan fingerprint density at radius 2 is 1.50 bits per heavy atom. The van der Waals surface area contributed by atoms with Crippen LogP contribution in [-0.2, 0) is 0 Å². The molecule has 0 saturated carbocycles. The molecular weight excluding hydrogens is 327 g/mol. The van der Waals surface area contributed by atoms with Gasteiger partial charge in [-0.1, -0.05) is 35.3 Å². The molecule has 0 spiro atoms. The van der Waals surface area contributed by atoms with E-state index in [4.69, 9.17) is 27.9 Å². The highest BCUT2D eigenvalue weighted by molar-refractivity contribution is 6.34. The number of ether oxygens (including phenoxy) is 1. The van der Waals surface area contributed by atoms with E-state index in [0.29, 0.717) is 5.75 Å². The molecule has 22 heavy (non-hydrogen) atoms. The van der Waals surface area contributed by atoms with Crippen molar-refractivity contribution in [3.05, 3.63) is 63.6 Å². The van der Waals surface area contributed by atoms with Gasteiger partial charge >= 0.3 is 0 Å². The summed E-state index contributed by atoms with van der Waals surface area (Å²) in [6.45, 7) is 0. The molecule has 0 aliphatic carbocycles. The monoisotopic (exact) mass is 338 g/mol. The minimum atomic E-state index is -0.548. The average Bonchev–Trinajstić information content (AvgIpc) is 2.52. The maximum atomic E-state index is 12.0. The Labute approximate surface area is 137 Å². The number of hydrogen-bond donors (Lipinski definition) is 2. The number of hydrazine groups is 1. The number of amides is 2. The number of rotatable bonds is 3. The summed E-state index contributed by atoms with van der Waals surface area (Å²) in [5.74, 6) is -0.543. The lowest BCUT2D eigenvalue weighted by atomic mass is 10.2. The molecule has 114 valence electrons. The van der Waals surface area contributed by atoms with Gasteiger partial charge in [-0.15, -0.1) is 0 Å². The van der Waals surface area contributed by atoms with Crippen LogP contribution in [0.3, 0.4) is 0 Å². The van der Waals surface area contributed by atoms with Crippen LogP contribution in [-0.4, -0.2) is 18.9 Å². The lowest BCUT2D eigenvalue weighted by Crippen LogP contribution is -2.41. The Morgan fingerprint density at radius 3 is 2.05 bits per heavy atom. The van der Waals surface area contributed by atoms with E-state index in [0.717, 1.165) is 0 Å². The first kappa shape index (κ1) is 16.1. The van der Waals surface area contributed by atoms with Gasteiger partial charge in [-0.2, -0.15) is 0 Å². The molecule has 0 saturated heterocycles. The van der Waals surface area contributed by atoms with Crippen LogP contribution < -0.4 is 15.6 Å². The Balaban J connectivity index is 2.04. The summed E-state index contributed by atoms with van der Waals surface area (Å²) in [7, 11) is 1.50. The van der Waals surface area contributed by atoms with Gasteiger partial charge in [-0.05, 0) is 30.3 Å². The third-order valence-electron chi connectivity index (χ3n) is 2.83. The molecule has 2 N–H and O–H groups in total. The molecule has 0 atom stereocenters. The topological polar surface area (TPSA) is 67.4 Å². The average molecular weight is 339 g/mol. The van der Waals surface area contributed by atoms with Crippen molar-refractivity contribution in [2.24, 2.45) is 0 Å². The molecule has 0 aromatic heterocycles. The van der Waals surface area contributed by atoms with Crippen molar-refractivity contribution in [2.75, 3.05) is 7.11 Å². The standard InChI is InChI=1S/C15H12Cl2N2O3/c1-22-9-6-7-11(13(17)8-9)15(21)19-18-14(20)10-4-2-3-5-12(10)16/h2-8H,1H3,(H,18,20)(H,19,21). The van der Waals surface area contributed by atoms with Crippen LogP contribution in [0, 0.1) is 0 Å². The molecule has 2 amide bonds. The number of hydrogen-bond acceptors (Lipinski definition) is 3. The van der Waals surface area contributed by atoms with Crippen LogP contribution in [0.5, 0.6) is 5.75 Å². The zero-order valence-corrected chi connectivity index (χ0v) is 13.0. The van der Waals surface area contributed by atoms with Gasteiger partial charge in [0, 0.05) is 0 Å². The van der Waals surface area contributed by atoms with Crippen LogP contribution in [0.1, 0.15) is 20.7 Å². The Bertz CT molecular complexity index is 720. The van der Waals surface area contributed by atoms with Crippen molar-refractivity contribution >= 4 is 35.0 Å². The second-order valence-corrected chi connectivity index (χ2v) is 5.05. The highest BCUT2D eigenvalue weighted by Gasteiger charge is 2.14. The third-order valence-corrected chi connectivity index (χ3v) is 3.47. The SMILES string of the molecule is COc1ccc(C(=O)NNC(=O)c2ccccc2Cl)c(Cl)c1. The number of carbonyl (C=O) groups excluding carboxylic acids is 2. The number of halogens is 2. The molecule has 0 unspecified atom stereocenters. The predicted molar refractivity (Wildman–Crippen MR) is 84.4 cm³/mol. The first-order chi connectivity index (χ1) is 10.5. The normalized spacial score (nSPS) is 9.95.